The van der Waals surface area contributed by atoms with Gasteiger partial charge in [-0.1, -0.05) is 15.9 Å². The molecule has 0 aliphatic carbocycles. The third kappa shape index (κ3) is 5.05. The average Bonchev–Trinajstić information content (AvgIpc) is 2.37. The highest BCUT2D eigenvalue weighted by molar-refractivity contribution is 9.10. The van der Waals surface area contributed by atoms with Gasteiger partial charge in [-0.2, -0.15) is 0 Å². The molecule has 5 nitrogen and oxygen atoms in total. The van der Waals surface area contributed by atoms with Gasteiger partial charge < -0.3 is 10.5 Å². The predicted molar refractivity (Wildman–Crippen MR) is 84.8 cm³/mol. The van der Waals surface area contributed by atoms with Gasteiger partial charge in [0.25, 0.3) is 0 Å². The Balaban J connectivity index is 2.97. The minimum Gasteiger partial charge on any atom is -0.496 e. The monoisotopic (exact) mass is 364 g/mol. The third-order valence-electron chi connectivity index (χ3n) is 3.12. The van der Waals surface area contributed by atoms with Crippen LogP contribution in [0.4, 0.5) is 0 Å². The molecular formula is C13H21BrN2O3S. The van der Waals surface area contributed by atoms with Crippen LogP contribution in [0.1, 0.15) is 11.6 Å². The number of hydrogen-bond acceptors (Lipinski definition) is 5. The summed E-state index contributed by atoms with van der Waals surface area (Å²) in [5, 5.41) is 0. The van der Waals surface area contributed by atoms with Gasteiger partial charge in [0.05, 0.1) is 18.9 Å². The molecule has 0 aromatic heterocycles. The Hall–Kier alpha value is -0.630. The van der Waals surface area contributed by atoms with E-state index in [0.717, 1.165) is 15.8 Å². The first kappa shape index (κ1) is 17.4. The van der Waals surface area contributed by atoms with Crippen LogP contribution >= 0.6 is 15.9 Å². The second-order valence-electron chi connectivity index (χ2n) is 4.75. The van der Waals surface area contributed by atoms with Crippen LogP contribution in [0.15, 0.2) is 22.7 Å². The standard InChI is InChI=1S/C13H21BrN2O3S/c1-16(6-7-20(3,17)18)12(9-15)11-8-10(14)4-5-13(11)19-2/h4-5,8,12H,6-7,9,15H2,1-3H3. The van der Waals surface area contributed by atoms with Crippen molar-refractivity contribution in [1.82, 2.24) is 4.90 Å². The highest BCUT2D eigenvalue weighted by Gasteiger charge is 2.20. The molecule has 1 atom stereocenters. The first-order valence-electron chi connectivity index (χ1n) is 6.20. The molecule has 0 aliphatic heterocycles. The lowest BCUT2D eigenvalue weighted by Gasteiger charge is -2.28. The van der Waals surface area contributed by atoms with Crippen LogP contribution in [0, 0.1) is 0 Å². The topological polar surface area (TPSA) is 72.6 Å². The molecule has 1 aromatic carbocycles. The van der Waals surface area contributed by atoms with E-state index in [1.807, 2.05) is 30.1 Å². The Kier molecular flexibility index (Phi) is 6.44. The Morgan fingerprint density at radius 1 is 1.45 bits per heavy atom. The Bertz CT molecular complexity index is 549. The number of rotatable bonds is 7. The van der Waals surface area contributed by atoms with Gasteiger partial charge in [-0.15, -0.1) is 0 Å². The molecule has 1 aromatic rings. The van der Waals surface area contributed by atoms with Crippen LogP contribution in [-0.4, -0.2) is 52.6 Å². The lowest BCUT2D eigenvalue weighted by Crippen LogP contribution is -2.34. The molecule has 0 amide bonds. The normalized spacial score (nSPS) is 13.5. The minimum absolute atomic E-state index is 0.0933. The Morgan fingerprint density at radius 2 is 2.10 bits per heavy atom. The van der Waals surface area contributed by atoms with Gasteiger partial charge in [0, 0.05) is 29.4 Å². The molecule has 0 saturated heterocycles. The van der Waals surface area contributed by atoms with E-state index in [0.29, 0.717) is 13.1 Å². The maximum absolute atomic E-state index is 11.3. The van der Waals surface area contributed by atoms with E-state index in [1.165, 1.54) is 6.26 Å². The van der Waals surface area contributed by atoms with Gasteiger partial charge in [-0.25, -0.2) is 8.42 Å². The SMILES string of the molecule is COc1ccc(Br)cc1C(CN)N(C)CCS(C)(=O)=O. The summed E-state index contributed by atoms with van der Waals surface area (Å²) in [6.07, 6.45) is 1.23. The van der Waals surface area contributed by atoms with Gasteiger partial charge in [0.1, 0.15) is 15.6 Å². The number of sulfone groups is 1. The molecular weight excluding hydrogens is 344 g/mol. The fraction of sp³-hybridized carbons (Fsp3) is 0.538. The first-order chi connectivity index (χ1) is 9.28. The Morgan fingerprint density at radius 3 is 2.60 bits per heavy atom. The summed E-state index contributed by atoms with van der Waals surface area (Å²) in [4.78, 5) is 1.94. The third-order valence-corrected chi connectivity index (χ3v) is 4.54. The fourth-order valence-electron chi connectivity index (χ4n) is 1.98. The van der Waals surface area contributed by atoms with Gasteiger partial charge in [0.15, 0.2) is 0 Å². The number of nitrogens with two attached hydrogens (primary N) is 1. The maximum atomic E-state index is 11.3. The van der Waals surface area contributed by atoms with Crippen molar-refractivity contribution in [2.75, 3.05) is 39.3 Å². The lowest BCUT2D eigenvalue weighted by molar-refractivity contribution is 0.257. The number of ether oxygens (including phenoxy) is 1. The van der Waals surface area contributed by atoms with Crippen LogP contribution in [0.2, 0.25) is 0 Å². The van der Waals surface area contributed by atoms with Gasteiger partial charge in [-0.05, 0) is 25.2 Å². The summed E-state index contributed by atoms with van der Waals surface area (Å²) in [5.74, 6) is 0.853. The van der Waals surface area contributed by atoms with E-state index < -0.39 is 9.84 Å². The molecule has 0 bridgehead atoms. The van der Waals surface area contributed by atoms with Crippen LogP contribution in [-0.2, 0) is 9.84 Å². The van der Waals surface area contributed by atoms with Crippen LogP contribution in [0.25, 0.3) is 0 Å². The summed E-state index contributed by atoms with van der Waals surface area (Å²) < 4.78 is 28.8. The number of likely N-dealkylation sites (N-methyl/N-ethyl adjacent to an activating group) is 1. The number of nitrogens with zero attached hydrogens (tertiary/aromatic N) is 1. The van der Waals surface area contributed by atoms with Gasteiger partial charge in [-0.3, -0.25) is 4.90 Å². The molecule has 0 saturated carbocycles. The second kappa shape index (κ2) is 7.40. The molecule has 2 N–H and O–H groups in total. The molecule has 114 valence electrons. The molecule has 20 heavy (non-hydrogen) atoms. The highest BCUT2D eigenvalue weighted by atomic mass is 79.9. The van der Waals surface area contributed by atoms with Gasteiger partial charge >= 0.3 is 0 Å². The molecule has 1 rings (SSSR count). The average molecular weight is 365 g/mol. The first-order valence-corrected chi connectivity index (χ1v) is 9.05. The molecule has 0 heterocycles. The van der Waals surface area contributed by atoms with Gasteiger partial charge in [0.2, 0.25) is 0 Å². The summed E-state index contributed by atoms with van der Waals surface area (Å²) in [7, 11) is 0.482. The lowest BCUT2D eigenvalue weighted by atomic mass is 10.0. The summed E-state index contributed by atoms with van der Waals surface area (Å²) in [6.45, 7) is 0.809. The molecule has 0 aliphatic rings. The zero-order valence-corrected chi connectivity index (χ0v) is 14.4. The van der Waals surface area contributed by atoms with Crippen LogP contribution < -0.4 is 10.5 Å². The largest absolute Gasteiger partial charge is 0.496 e. The summed E-state index contributed by atoms with van der Waals surface area (Å²) >= 11 is 3.43. The molecule has 0 fully saturated rings. The van der Waals surface area contributed by atoms with Crippen molar-refractivity contribution in [1.29, 1.82) is 0 Å². The van der Waals surface area contributed by atoms with E-state index in [9.17, 15) is 8.42 Å². The van der Waals surface area contributed by atoms with Crippen molar-refractivity contribution < 1.29 is 13.2 Å². The number of hydrogen-bond donors (Lipinski definition) is 1. The summed E-state index contributed by atoms with van der Waals surface area (Å²) in [5.41, 5.74) is 6.80. The van der Waals surface area contributed by atoms with Crippen LogP contribution in [0.5, 0.6) is 5.75 Å². The summed E-state index contributed by atoms with van der Waals surface area (Å²) in [6, 6.07) is 5.62. The minimum atomic E-state index is -2.99. The van der Waals surface area contributed by atoms with E-state index in [1.54, 1.807) is 7.11 Å². The number of halogens is 1. The number of methoxy groups -OCH3 is 1. The zero-order chi connectivity index (χ0) is 15.3. The second-order valence-corrected chi connectivity index (χ2v) is 7.92. The quantitative estimate of drug-likeness (QED) is 0.792. The van der Waals surface area contributed by atoms with E-state index in [4.69, 9.17) is 10.5 Å². The van der Waals surface area contributed by atoms with Crippen molar-refractivity contribution in [2.45, 2.75) is 6.04 Å². The van der Waals surface area contributed by atoms with Crippen molar-refractivity contribution >= 4 is 25.8 Å². The van der Waals surface area contributed by atoms with E-state index in [-0.39, 0.29) is 11.8 Å². The molecule has 0 spiro atoms. The van der Waals surface area contributed by atoms with Crippen molar-refractivity contribution in [3.05, 3.63) is 28.2 Å². The molecule has 0 radical (unpaired) electrons. The molecule has 7 heteroatoms. The maximum Gasteiger partial charge on any atom is 0.148 e. The fourth-order valence-corrected chi connectivity index (χ4v) is 2.97. The van der Waals surface area contributed by atoms with E-state index >= 15 is 0 Å². The smallest absolute Gasteiger partial charge is 0.148 e. The van der Waals surface area contributed by atoms with Crippen molar-refractivity contribution in [2.24, 2.45) is 5.73 Å². The van der Waals surface area contributed by atoms with Crippen molar-refractivity contribution in [3.63, 3.8) is 0 Å². The van der Waals surface area contributed by atoms with Crippen LogP contribution in [0.3, 0.4) is 0 Å². The van der Waals surface area contributed by atoms with Crippen molar-refractivity contribution in [3.8, 4) is 5.75 Å². The highest BCUT2D eigenvalue weighted by Crippen LogP contribution is 2.30. The Labute approximate surface area is 129 Å². The number of benzene rings is 1. The zero-order valence-electron chi connectivity index (χ0n) is 12.0. The molecule has 1 unspecified atom stereocenters. The van der Waals surface area contributed by atoms with E-state index in [2.05, 4.69) is 15.9 Å². The predicted octanol–water partition coefficient (Wildman–Crippen LogP) is 1.43.